The molecular formula is C18H28N2. The molecule has 1 saturated carbocycles. The Morgan fingerprint density at radius 3 is 2.60 bits per heavy atom. The minimum absolute atomic E-state index is 0.214. The summed E-state index contributed by atoms with van der Waals surface area (Å²) in [4.78, 5) is 2.63. The van der Waals surface area contributed by atoms with Crippen LogP contribution in [0.2, 0.25) is 0 Å². The second-order valence-electron chi connectivity index (χ2n) is 7.46. The summed E-state index contributed by atoms with van der Waals surface area (Å²) in [7, 11) is 0. The molecule has 1 heterocycles. The van der Waals surface area contributed by atoms with Crippen LogP contribution in [-0.4, -0.2) is 25.7 Å². The molecule has 0 amide bonds. The van der Waals surface area contributed by atoms with Crippen LogP contribution < -0.4 is 10.2 Å². The third-order valence-corrected chi connectivity index (χ3v) is 4.67. The topological polar surface area (TPSA) is 15.3 Å². The third-order valence-electron chi connectivity index (χ3n) is 4.67. The molecule has 1 atom stereocenters. The summed E-state index contributed by atoms with van der Waals surface area (Å²) in [6.07, 6.45) is 4.10. The van der Waals surface area contributed by atoms with E-state index in [1.54, 1.807) is 0 Å². The monoisotopic (exact) mass is 272 g/mol. The zero-order valence-electron chi connectivity index (χ0n) is 13.2. The van der Waals surface area contributed by atoms with E-state index in [1.807, 2.05) is 0 Å². The van der Waals surface area contributed by atoms with Crippen LogP contribution in [0.25, 0.3) is 0 Å². The second-order valence-corrected chi connectivity index (χ2v) is 7.46. The molecule has 0 spiro atoms. The Morgan fingerprint density at radius 2 is 1.90 bits per heavy atom. The molecule has 1 aliphatic carbocycles. The van der Waals surface area contributed by atoms with Gasteiger partial charge in [0, 0.05) is 24.8 Å². The first-order valence-electron chi connectivity index (χ1n) is 8.13. The standard InChI is InChI=1S/C18H28N2/c1-18(2,3)15-7-4-5-8-17(15)20-12-6-11-19-16(13-20)14-9-10-14/h4-5,7-8,14,16,19H,6,9-13H2,1-3H3. The van der Waals surface area contributed by atoms with Crippen LogP contribution in [-0.2, 0) is 5.41 Å². The van der Waals surface area contributed by atoms with Gasteiger partial charge in [0.2, 0.25) is 0 Å². The first kappa shape index (κ1) is 13.9. The fourth-order valence-electron chi connectivity index (χ4n) is 3.37. The number of hydrogen-bond acceptors (Lipinski definition) is 2. The van der Waals surface area contributed by atoms with E-state index in [-0.39, 0.29) is 5.41 Å². The van der Waals surface area contributed by atoms with Gasteiger partial charge in [-0.05, 0) is 48.8 Å². The fraction of sp³-hybridized carbons (Fsp3) is 0.667. The lowest BCUT2D eigenvalue weighted by Crippen LogP contribution is -2.40. The molecule has 2 heteroatoms. The third kappa shape index (κ3) is 3.01. The maximum absolute atomic E-state index is 3.76. The molecule has 1 N–H and O–H groups in total. The Bertz CT molecular complexity index is 457. The van der Waals surface area contributed by atoms with Crippen molar-refractivity contribution in [1.29, 1.82) is 0 Å². The summed E-state index contributed by atoms with van der Waals surface area (Å²) in [5, 5.41) is 3.76. The average molecular weight is 272 g/mol. The van der Waals surface area contributed by atoms with E-state index in [9.17, 15) is 0 Å². The van der Waals surface area contributed by atoms with Crippen LogP contribution in [0.4, 0.5) is 5.69 Å². The van der Waals surface area contributed by atoms with Crippen molar-refractivity contribution in [2.45, 2.75) is 51.5 Å². The molecule has 1 aliphatic heterocycles. The molecule has 110 valence electrons. The molecule has 2 aliphatic rings. The first-order valence-corrected chi connectivity index (χ1v) is 8.13. The van der Waals surface area contributed by atoms with Crippen molar-refractivity contribution in [3.8, 4) is 0 Å². The van der Waals surface area contributed by atoms with Gasteiger partial charge in [0.1, 0.15) is 0 Å². The predicted octanol–water partition coefficient (Wildman–Crippen LogP) is 3.56. The summed E-state index contributed by atoms with van der Waals surface area (Å²) in [5.41, 5.74) is 3.15. The molecule has 2 fully saturated rings. The lowest BCUT2D eigenvalue weighted by molar-refractivity contribution is 0.488. The number of rotatable bonds is 2. The first-order chi connectivity index (χ1) is 9.55. The summed E-state index contributed by atoms with van der Waals surface area (Å²) < 4.78 is 0. The largest absolute Gasteiger partial charge is 0.370 e. The fourth-order valence-corrected chi connectivity index (χ4v) is 3.37. The number of nitrogens with one attached hydrogen (secondary N) is 1. The number of anilines is 1. The average Bonchev–Trinajstić information content (AvgIpc) is 3.24. The molecule has 1 aromatic carbocycles. The Hall–Kier alpha value is -1.02. The molecule has 3 rings (SSSR count). The minimum atomic E-state index is 0.214. The van der Waals surface area contributed by atoms with Crippen molar-refractivity contribution in [2.24, 2.45) is 5.92 Å². The Morgan fingerprint density at radius 1 is 1.15 bits per heavy atom. The van der Waals surface area contributed by atoms with Gasteiger partial charge in [0.05, 0.1) is 0 Å². The Kier molecular flexibility index (Phi) is 3.76. The lowest BCUT2D eigenvalue weighted by atomic mass is 9.85. The number of hydrogen-bond donors (Lipinski definition) is 1. The number of nitrogens with zero attached hydrogens (tertiary/aromatic N) is 1. The van der Waals surface area contributed by atoms with Crippen molar-refractivity contribution in [3.05, 3.63) is 29.8 Å². The van der Waals surface area contributed by atoms with Gasteiger partial charge in [-0.1, -0.05) is 39.0 Å². The predicted molar refractivity (Wildman–Crippen MR) is 86.5 cm³/mol. The van der Waals surface area contributed by atoms with Crippen molar-refractivity contribution < 1.29 is 0 Å². The van der Waals surface area contributed by atoms with Crippen LogP contribution in [0.15, 0.2) is 24.3 Å². The van der Waals surface area contributed by atoms with Gasteiger partial charge in [-0.3, -0.25) is 0 Å². The van der Waals surface area contributed by atoms with Crippen molar-refractivity contribution in [2.75, 3.05) is 24.5 Å². The van der Waals surface area contributed by atoms with Crippen LogP contribution in [0.3, 0.4) is 0 Å². The van der Waals surface area contributed by atoms with Gasteiger partial charge < -0.3 is 10.2 Å². The van der Waals surface area contributed by atoms with Gasteiger partial charge in [-0.15, -0.1) is 0 Å². The number of para-hydroxylation sites is 1. The highest BCUT2D eigenvalue weighted by Gasteiger charge is 2.34. The van der Waals surface area contributed by atoms with Gasteiger partial charge in [0.25, 0.3) is 0 Å². The smallest absolute Gasteiger partial charge is 0.0404 e. The lowest BCUT2D eigenvalue weighted by Gasteiger charge is -2.32. The van der Waals surface area contributed by atoms with Gasteiger partial charge in [-0.25, -0.2) is 0 Å². The number of benzene rings is 1. The van der Waals surface area contributed by atoms with Crippen molar-refractivity contribution >= 4 is 5.69 Å². The molecule has 1 saturated heterocycles. The van der Waals surface area contributed by atoms with E-state index in [0.29, 0.717) is 6.04 Å². The van der Waals surface area contributed by atoms with E-state index in [0.717, 1.165) is 5.92 Å². The van der Waals surface area contributed by atoms with E-state index < -0.39 is 0 Å². The summed E-state index contributed by atoms with van der Waals surface area (Å²) >= 11 is 0. The van der Waals surface area contributed by atoms with Gasteiger partial charge >= 0.3 is 0 Å². The summed E-state index contributed by atoms with van der Waals surface area (Å²) in [6.45, 7) is 10.5. The van der Waals surface area contributed by atoms with Crippen LogP contribution in [0, 0.1) is 5.92 Å². The van der Waals surface area contributed by atoms with Crippen LogP contribution in [0.5, 0.6) is 0 Å². The van der Waals surface area contributed by atoms with E-state index >= 15 is 0 Å². The zero-order valence-corrected chi connectivity index (χ0v) is 13.2. The molecule has 20 heavy (non-hydrogen) atoms. The highest BCUT2D eigenvalue weighted by molar-refractivity contribution is 5.56. The zero-order chi connectivity index (χ0) is 14.2. The molecule has 0 aromatic heterocycles. The van der Waals surface area contributed by atoms with Crippen molar-refractivity contribution in [1.82, 2.24) is 5.32 Å². The van der Waals surface area contributed by atoms with E-state index in [2.05, 4.69) is 55.3 Å². The quantitative estimate of drug-likeness (QED) is 0.885. The Balaban J connectivity index is 1.87. The van der Waals surface area contributed by atoms with Gasteiger partial charge in [-0.2, -0.15) is 0 Å². The maximum atomic E-state index is 3.76. The molecular weight excluding hydrogens is 244 g/mol. The SMILES string of the molecule is CC(C)(C)c1ccccc1N1CCCNC(C2CC2)C1. The summed E-state index contributed by atoms with van der Waals surface area (Å²) in [5.74, 6) is 0.928. The normalized spacial score (nSPS) is 24.6. The highest BCUT2D eigenvalue weighted by Crippen LogP contribution is 2.36. The second kappa shape index (κ2) is 5.40. The van der Waals surface area contributed by atoms with E-state index in [4.69, 9.17) is 0 Å². The molecule has 1 unspecified atom stereocenters. The maximum Gasteiger partial charge on any atom is 0.0404 e. The minimum Gasteiger partial charge on any atom is -0.370 e. The molecule has 1 aromatic rings. The highest BCUT2D eigenvalue weighted by atomic mass is 15.2. The van der Waals surface area contributed by atoms with Gasteiger partial charge in [0.15, 0.2) is 0 Å². The molecule has 2 nitrogen and oxygen atoms in total. The molecule has 0 bridgehead atoms. The van der Waals surface area contributed by atoms with Crippen molar-refractivity contribution in [3.63, 3.8) is 0 Å². The van der Waals surface area contributed by atoms with E-state index in [1.165, 1.54) is 50.1 Å². The Labute approximate surface area is 123 Å². The molecule has 0 radical (unpaired) electrons. The van der Waals surface area contributed by atoms with Crippen LogP contribution in [0.1, 0.15) is 45.6 Å². The van der Waals surface area contributed by atoms with Crippen LogP contribution >= 0.6 is 0 Å². The summed E-state index contributed by atoms with van der Waals surface area (Å²) in [6, 6.07) is 9.69.